The number of nitrogens with two attached hydrogens (primary N) is 1. The van der Waals surface area contributed by atoms with Gasteiger partial charge in [0.25, 0.3) is 5.91 Å². The number of benzene rings is 1. The molecule has 40 heavy (non-hydrogen) atoms. The van der Waals surface area contributed by atoms with E-state index in [-0.39, 0.29) is 35.0 Å². The van der Waals surface area contributed by atoms with Crippen LogP contribution in [0.1, 0.15) is 39.6 Å². The predicted molar refractivity (Wildman–Crippen MR) is 154 cm³/mol. The third-order valence-corrected chi connectivity index (χ3v) is 9.50. The molecule has 2 aliphatic rings. The van der Waals surface area contributed by atoms with Gasteiger partial charge in [0.1, 0.15) is 11.5 Å². The molecule has 1 aromatic heterocycles. The molecule has 0 aliphatic carbocycles. The summed E-state index contributed by atoms with van der Waals surface area (Å²) >= 11 is 13.8. The van der Waals surface area contributed by atoms with Crippen molar-refractivity contribution < 1.29 is 22.2 Å². The van der Waals surface area contributed by atoms with Crippen LogP contribution in [-0.2, 0) is 33.9 Å². The summed E-state index contributed by atoms with van der Waals surface area (Å²) in [4.78, 5) is 27.8. The second kappa shape index (κ2) is 12.3. The van der Waals surface area contributed by atoms with Gasteiger partial charge in [0, 0.05) is 42.9 Å². The Bertz CT molecular complexity index is 1430. The lowest BCUT2D eigenvalue weighted by atomic mass is 9.97. The van der Waals surface area contributed by atoms with Crippen LogP contribution in [0.25, 0.3) is 0 Å². The van der Waals surface area contributed by atoms with E-state index in [4.69, 9.17) is 33.9 Å². The van der Waals surface area contributed by atoms with Crippen LogP contribution in [0.15, 0.2) is 33.0 Å². The second-order valence-electron chi connectivity index (χ2n) is 9.30. The van der Waals surface area contributed by atoms with Gasteiger partial charge in [0.15, 0.2) is 5.16 Å². The number of carbonyl (C=O) groups excluding carboxylic acids is 1. The third-order valence-electron chi connectivity index (χ3n) is 6.60. The molecule has 2 atom stereocenters. The second-order valence-corrected chi connectivity index (χ2v) is 12.5. The summed E-state index contributed by atoms with van der Waals surface area (Å²) in [6.07, 6.45) is -2.25. The van der Waals surface area contributed by atoms with Crippen molar-refractivity contribution in [3.63, 3.8) is 0 Å². The van der Waals surface area contributed by atoms with Gasteiger partial charge in [-0.1, -0.05) is 41.0 Å². The average Bonchev–Trinajstić information content (AvgIpc) is 3.16. The van der Waals surface area contributed by atoms with Crippen LogP contribution in [-0.4, -0.2) is 58.7 Å². The van der Waals surface area contributed by atoms with Crippen molar-refractivity contribution in [1.82, 2.24) is 15.3 Å². The molecule has 0 radical (unpaired) electrons. The standard InChI is InChI=1S/C25H27Cl2F3N6O2S2/c1-12-7-13(19(15(26)8-12)25(28,29)30)18-9-16-14(11-40(18)38)22(35-24(34-16)39-3)36-6-4-5-33-17(10-36)20(27)21(31)23(37)32-2/h7-8,18H,4-6,9-11,31H2,1-3H3,(H,32,37)/b21-20+. The SMILES string of the molecule is CNC(=O)/C(N)=C(\Cl)C1=NCCCN(c2nc(SC)nc3c2CS(=O)C(c2cc(C)cc(Cl)c2C(F)(F)F)C3)C1. The number of hydrogen-bond acceptors (Lipinski definition) is 8. The van der Waals surface area contributed by atoms with Crippen molar-refractivity contribution in [2.24, 2.45) is 10.7 Å². The third kappa shape index (κ3) is 6.27. The fourth-order valence-electron chi connectivity index (χ4n) is 4.74. The molecular formula is C25H27Cl2F3N6O2S2. The molecule has 0 saturated carbocycles. The molecule has 1 aromatic carbocycles. The van der Waals surface area contributed by atoms with Crippen molar-refractivity contribution in [2.45, 2.75) is 42.1 Å². The zero-order chi connectivity index (χ0) is 29.4. The minimum Gasteiger partial charge on any atom is -0.393 e. The molecule has 2 unspecified atom stereocenters. The number of thioether (sulfide) groups is 1. The Hall–Kier alpha value is -2.35. The number of aromatic nitrogens is 2. The number of amides is 1. The molecule has 2 aliphatic heterocycles. The van der Waals surface area contributed by atoms with Gasteiger partial charge < -0.3 is 16.0 Å². The monoisotopic (exact) mass is 634 g/mol. The van der Waals surface area contributed by atoms with Crippen LogP contribution in [0.5, 0.6) is 0 Å². The number of anilines is 1. The Balaban J connectivity index is 1.77. The van der Waals surface area contributed by atoms with E-state index in [0.717, 1.165) is 0 Å². The molecule has 1 amide bonds. The summed E-state index contributed by atoms with van der Waals surface area (Å²) in [5.41, 5.74) is 6.76. The van der Waals surface area contributed by atoms with Crippen LogP contribution < -0.4 is 16.0 Å². The highest BCUT2D eigenvalue weighted by Gasteiger charge is 2.41. The van der Waals surface area contributed by atoms with Gasteiger partial charge in [-0.2, -0.15) is 13.2 Å². The Labute approximate surface area is 246 Å². The average molecular weight is 636 g/mol. The van der Waals surface area contributed by atoms with Gasteiger partial charge in [0.2, 0.25) is 0 Å². The van der Waals surface area contributed by atoms with Crippen LogP contribution in [0, 0.1) is 6.92 Å². The number of likely N-dealkylation sites (N-methyl/N-ethyl adjacent to an activating group) is 1. The molecule has 0 fully saturated rings. The topological polar surface area (TPSA) is 114 Å². The highest BCUT2D eigenvalue weighted by molar-refractivity contribution is 7.98. The van der Waals surface area contributed by atoms with Crippen LogP contribution in [0.2, 0.25) is 5.02 Å². The van der Waals surface area contributed by atoms with E-state index in [1.165, 1.54) is 30.9 Å². The summed E-state index contributed by atoms with van der Waals surface area (Å²) < 4.78 is 55.7. The highest BCUT2D eigenvalue weighted by Crippen LogP contribution is 2.45. The number of nitrogens with one attached hydrogen (secondary N) is 1. The van der Waals surface area contributed by atoms with Crippen LogP contribution in [0.3, 0.4) is 0 Å². The molecule has 2 aromatic rings. The van der Waals surface area contributed by atoms with Crippen molar-refractivity contribution >= 4 is 63.2 Å². The first kappa shape index (κ1) is 30.6. The lowest BCUT2D eigenvalue weighted by Crippen LogP contribution is -2.35. The summed E-state index contributed by atoms with van der Waals surface area (Å²) in [7, 11) is -0.285. The molecule has 3 heterocycles. The number of halogens is 5. The van der Waals surface area contributed by atoms with E-state index in [2.05, 4.69) is 15.3 Å². The number of aryl methyl sites for hydroxylation is 1. The smallest absolute Gasteiger partial charge is 0.393 e. The predicted octanol–water partition coefficient (Wildman–Crippen LogP) is 4.53. The zero-order valence-corrected chi connectivity index (χ0v) is 25.0. The van der Waals surface area contributed by atoms with Crippen LogP contribution >= 0.6 is 35.0 Å². The first-order valence-electron chi connectivity index (χ1n) is 12.2. The first-order valence-corrected chi connectivity index (χ1v) is 15.6. The quantitative estimate of drug-likeness (QED) is 0.282. The Morgan fingerprint density at radius 2 is 2.02 bits per heavy atom. The summed E-state index contributed by atoms with van der Waals surface area (Å²) in [6, 6.07) is 2.66. The van der Waals surface area contributed by atoms with E-state index in [1.807, 2.05) is 4.90 Å². The maximum absolute atomic E-state index is 14.0. The van der Waals surface area contributed by atoms with Crippen LogP contribution in [0.4, 0.5) is 19.0 Å². The van der Waals surface area contributed by atoms with E-state index < -0.39 is 38.7 Å². The van der Waals surface area contributed by atoms with E-state index >= 15 is 0 Å². The summed E-state index contributed by atoms with van der Waals surface area (Å²) in [6.45, 7) is 2.79. The molecule has 216 valence electrons. The van der Waals surface area contributed by atoms with E-state index in [0.29, 0.717) is 53.0 Å². The molecule has 0 spiro atoms. The van der Waals surface area contributed by atoms with E-state index in [9.17, 15) is 22.2 Å². The van der Waals surface area contributed by atoms with Crippen molar-refractivity contribution in [2.75, 3.05) is 37.8 Å². The van der Waals surface area contributed by atoms with Gasteiger partial charge in [-0.3, -0.25) is 14.0 Å². The molecule has 8 nitrogen and oxygen atoms in total. The van der Waals surface area contributed by atoms with E-state index in [1.54, 1.807) is 13.2 Å². The number of alkyl halides is 3. The zero-order valence-electron chi connectivity index (χ0n) is 21.9. The van der Waals surface area contributed by atoms with Gasteiger partial charge in [-0.15, -0.1) is 0 Å². The fraction of sp³-hybridized carbons (Fsp3) is 0.440. The molecule has 0 saturated heterocycles. The Kier molecular flexibility index (Phi) is 9.38. The molecule has 0 bridgehead atoms. The summed E-state index contributed by atoms with van der Waals surface area (Å²) in [5.74, 6) is -0.0692. The fourth-order valence-corrected chi connectivity index (χ4v) is 7.31. The van der Waals surface area contributed by atoms with Gasteiger partial charge >= 0.3 is 6.18 Å². The normalized spacial score (nSPS) is 20.3. The maximum atomic E-state index is 14.0. The highest BCUT2D eigenvalue weighted by atomic mass is 35.5. The maximum Gasteiger partial charge on any atom is 0.418 e. The number of nitrogens with zero attached hydrogens (tertiary/aromatic N) is 4. The molecular weight excluding hydrogens is 608 g/mol. The minimum absolute atomic E-state index is 0.0208. The largest absolute Gasteiger partial charge is 0.418 e. The number of fused-ring (bicyclic) bond motifs is 1. The summed E-state index contributed by atoms with van der Waals surface area (Å²) in [5, 5.41) is 1.51. The number of rotatable bonds is 5. The van der Waals surface area contributed by atoms with Crippen molar-refractivity contribution in [3.8, 4) is 0 Å². The molecule has 3 N–H and O–H groups in total. The lowest BCUT2D eigenvalue weighted by Gasteiger charge is -2.31. The number of hydrogen-bond donors (Lipinski definition) is 2. The van der Waals surface area contributed by atoms with Gasteiger partial charge in [-0.05, 0) is 36.8 Å². The van der Waals surface area contributed by atoms with Gasteiger partial charge in [-0.25, -0.2) is 9.97 Å². The Morgan fingerprint density at radius 3 is 2.67 bits per heavy atom. The molecule has 4 rings (SSSR count). The van der Waals surface area contributed by atoms with Crippen molar-refractivity contribution in [3.05, 3.63) is 55.8 Å². The Morgan fingerprint density at radius 1 is 1.30 bits per heavy atom. The lowest BCUT2D eigenvalue weighted by molar-refractivity contribution is -0.138. The first-order chi connectivity index (χ1) is 18.8. The number of carbonyl (C=O) groups is 1. The van der Waals surface area contributed by atoms with Gasteiger partial charge in [0.05, 0.1) is 44.6 Å². The minimum atomic E-state index is -4.71. The molecule has 15 heteroatoms. The number of aliphatic imine (C=N–C) groups is 1. The van der Waals surface area contributed by atoms with Crippen molar-refractivity contribution in [1.29, 1.82) is 0 Å².